The summed E-state index contributed by atoms with van der Waals surface area (Å²) >= 11 is 0. The van der Waals surface area contributed by atoms with Gasteiger partial charge in [-0.2, -0.15) is 0 Å². The van der Waals surface area contributed by atoms with Crippen molar-refractivity contribution in [1.29, 1.82) is 0 Å². The van der Waals surface area contributed by atoms with Crippen LogP contribution in [0.25, 0.3) is 22.4 Å². The minimum absolute atomic E-state index is 0.140. The molecule has 1 aromatic carbocycles. The van der Waals surface area contributed by atoms with E-state index in [1.165, 1.54) is 6.07 Å². The van der Waals surface area contributed by atoms with E-state index < -0.39 is 11.6 Å². The summed E-state index contributed by atoms with van der Waals surface area (Å²) < 4.78 is 26.6. The van der Waals surface area contributed by atoms with Gasteiger partial charge in [-0.1, -0.05) is 0 Å². The fraction of sp³-hybridized carbons (Fsp3) is 0.0769. The summed E-state index contributed by atoms with van der Waals surface area (Å²) in [6, 6.07) is 5.64. The van der Waals surface area contributed by atoms with Crippen molar-refractivity contribution >= 4 is 11.0 Å². The number of hydrogen-bond acceptors (Lipinski definition) is 2. The first kappa shape index (κ1) is 10.8. The Hall–Kier alpha value is -2.30. The van der Waals surface area contributed by atoms with Gasteiger partial charge in [-0.05, 0) is 25.1 Å². The Labute approximate surface area is 102 Å². The lowest BCUT2D eigenvalue weighted by Crippen LogP contribution is -1.84. The van der Waals surface area contributed by atoms with Crippen LogP contribution in [0.15, 0.2) is 30.5 Å². The maximum atomic E-state index is 13.5. The second-order valence-electron chi connectivity index (χ2n) is 4.06. The number of benzene rings is 1. The fourth-order valence-corrected chi connectivity index (χ4v) is 1.87. The molecular formula is C13H9F2N3. The van der Waals surface area contributed by atoms with E-state index in [1.54, 1.807) is 12.3 Å². The highest BCUT2D eigenvalue weighted by Gasteiger charge is 2.11. The molecule has 90 valence electrons. The third-order valence-corrected chi connectivity index (χ3v) is 2.67. The number of aromatic amines is 1. The molecule has 0 spiro atoms. The van der Waals surface area contributed by atoms with E-state index in [0.29, 0.717) is 11.3 Å². The highest BCUT2D eigenvalue weighted by molar-refractivity contribution is 5.79. The summed E-state index contributed by atoms with van der Waals surface area (Å²) in [4.78, 5) is 11.1. The number of H-pyrrole nitrogens is 1. The molecule has 0 radical (unpaired) electrons. The Balaban J connectivity index is 2.22. The molecule has 1 N–H and O–H groups in total. The van der Waals surface area contributed by atoms with Crippen LogP contribution < -0.4 is 0 Å². The van der Waals surface area contributed by atoms with E-state index in [0.717, 1.165) is 17.3 Å². The van der Waals surface area contributed by atoms with Gasteiger partial charge in [0.1, 0.15) is 17.2 Å². The average molecular weight is 245 g/mol. The first-order valence-corrected chi connectivity index (χ1v) is 5.41. The topological polar surface area (TPSA) is 41.6 Å². The van der Waals surface area contributed by atoms with E-state index in [-0.39, 0.29) is 5.52 Å². The molecule has 2 aromatic heterocycles. The van der Waals surface area contributed by atoms with Crippen molar-refractivity contribution in [3.63, 3.8) is 0 Å². The normalized spacial score (nSPS) is 11.1. The molecule has 3 rings (SSSR count). The quantitative estimate of drug-likeness (QED) is 0.715. The van der Waals surface area contributed by atoms with Crippen LogP contribution in [-0.2, 0) is 0 Å². The van der Waals surface area contributed by atoms with E-state index in [9.17, 15) is 8.78 Å². The van der Waals surface area contributed by atoms with Gasteiger partial charge in [0.25, 0.3) is 0 Å². The van der Waals surface area contributed by atoms with Gasteiger partial charge in [-0.25, -0.2) is 13.8 Å². The fourth-order valence-electron chi connectivity index (χ4n) is 1.87. The van der Waals surface area contributed by atoms with Crippen LogP contribution in [0.2, 0.25) is 0 Å². The predicted octanol–water partition coefficient (Wildman–Crippen LogP) is 3.21. The molecule has 0 saturated heterocycles. The molecule has 0 atom stereocenters. The lowest BCUT2D eigenvalue weighted by atomic mass is 10.2. The summed E-state index contributed by atoms with van der Waals surface area (Å²) in [7, 11) is 0. The minimum Gasteiger partial charge on any atom is -0.338 e. The molecule has 5 heteroatoms. The maximum absolute atomic E-state index is 13.5. The maximum Gasteiger partial charge on any atom is 0.153 e. The van der Waals surface area contributed by atoms with Crippen LogP contribution in [0.3, 0.4) is 0 Å². The van der Waals surface area contributed by atoms with Crippen LogP contribution in [0.5, 0.6) is 0 Å². The number of imidazole rings is 1. The number of fused-ring (bicyclic) bond motifs is 1. The molecule has 0 saturated carbocycles. The molecule has 0 amide bonds. The van der Waals surface area contributed by atoms with Crippen molar-refractivity contribution in [2.45, 2.75) is 6.92 Å². The second-order valence-corrected chi connectivity index (χ2v) is 4.06. The predicted molar refractivity (Wildman–Crippen MR) is 64.0 cm³/mol. The Kier molecular flexibility index (Phi) is 2.33. The van der Waals surface area contributed by atoms with Crippen molar-refractivity contribution in [1.82, 2.24) is 15.0 Å². The van der Waals surface area contributed by atoms with Gasteiger partial charge < -0.3 is 4.98 Å². The van der Waals surface area contributed by atoms with Gasteiger partial charge >= 0.3 is 0 Å². The average Bonchev–Trinajstić information content (AvgIpc) is 2.73. The SMILES string of the molecule is Cc1cc(-c2nc3c(F)cc(F)cc3[nH]2)ccn1. The zero-order valence-corrected chi connectivity index (χ0v) is 9.54. The first-order chi connectivity index (χ1) is 8.63. The molecule has 0 aliphatic heterocycles. The summed E-state index contributed by atoms with van der Waals surface area (Å²) in [5.41, 5.74) is 2.11. The summed E-state index contributed by atoms with van der Waals surface area (Å²) in [6.45, 7) is 1.85. The van der Waals surface area contributed by atoms with Crippen LogP contribution in [-0.4, -0.2) is 15.0 Å². The first-order valence-electron chi connectivity index (χ1n) is 5.41. The zero-order chi connectivity index (χ0) is 12.7. The van der Waals surface area contributed by atoms with E-state index >= 15 is 0 Å². The molecular weight excluding hydrogens is 236 g/mol. The number of pyridine rings is 1. The third kappa shape index (κ3) is 1.73. The molecule has 0 aliphatic rings. The number of aryl methyl sites for hydroxylation is 1. The summed E-state index contributed by atoms with van der Waals surface area (Å²) in [6.07, 6.45) is 1.65. The number of halogens is 2. The minimum atomic E-state index is -0.668. The van der Waals surface area contributed by atoms with Crippen LogP contribution in [0.1, 0.15) is 5.69 Å². The third-order valence-electron chi connectivity index (χ3n) is 2.67. The molecule has 2 heterocycles. The van der Waals surface area contributed by atoms with Gasteiger partial charge in [-0.3, -0.25) is 4.98 Å². The van der Waals surface area contributed by atoms with Crippen molar-refractivity contribution in [3.05, 3.63) is 47.8 Å². The number of hydrogen-bond donors (Lipinski definition) is 1. The highest BCUT2D eigenvalue weighted by atomic mass is 19.1. The molecule has 3 nitrogen and oxygen atoms in total. The van der Waals surface area contributed by atoms with Gasteiger partial charge in [0, 0.05) is 23.5 Å². The van der Waals surface area contributed by atoms with E-state index in [1.807, 2.05) is 13.0 Å². The number of rotatable bonds is 1. The van der Waals surface area contributed by atoms with Crippen LogP contribution in [0, 0.1) is 18.6 Å². The van der Waals surface area contributed by atoms with Gasteiger partial charge in [0.05, 0.1) is 5.52 Å². The molecule has 0 fully saturated rings. The summed E-state index contributed by atoms with van der Waals surface area (Å²) in [5.74, 6) is -0.792. The van der Waals surface area contributed by atoms with E-state index in [4.69, 9.17) is 0 Å². The summed E-state index contributed by atoms with van der Waals surface area (Å²) in [5, 5.41) is 0. The van der Waals surface area contributed by atoms with E-state index in [2.05, 4.69) is 15.0 Å². The van der Waals surface area contributed by atoms with Crippen molar-refractivity contribution in [2.24, 2.45) is 0 Å². The Morgan fingerprint density at radius 3 is 2.78 bits per heavy atom. The zero-order valence-electron chi connectivity index (χ0n) is 9.54. The van der Waals surface area contributed by atoms with Gasteiger partial charge in [0.2, 0.25) is 0 Å². The highest BCUT2D eigenvalue weighted by Crippen LogP contribution is 2.23. The van der Waals surface area contributed by atoms with Gasteiger partial charge in [0.15, 0.2) is 5.82 Å². The molecule has 0 unspecified atom stereocenters. The van der Waals surface area contributed by atoms with Crippen molar-refractivity contribution in [2.75, 3.05) is 0 Å². The van der Waals surface area contributed by atoms with Crippen molar-refractivity contribution < 1.29 is 8.78 Å². The Bertz CT molecular complexity index is 734. The number of nitrogens with zero attached hydrogens (tertiary/aromatic N) is 2. The standard InChI is InChI=1S/C13H9F2N3/c1-7-4-8(2-3-16-7)13-17-11-6-9(14)5-10(15)12(11)18-13/h2-6H,1H3,(H,17,18). The largest absolute Gasteiger partial charge is 0.338 e. The number of nitrogens with one attached hydrogen (secondary N) is 1. The molecule has 0 aliphatic carbocycles. The monoisotopic (exact) mass is 245 g/mol. The lowest BCUT2D eigenvalue weighted by molar-refractivity contribution is 0.591. The molecule has 18 heavy (non-hydrogen) atoms. The molecule has 0 bridgehead atoms. The van der Waals surface area contributed by atoms with Crippen LogP contribution in [0.4, 0.5) is 8.78 Å². The van der Waals surface area contributed by atoms with Crippen molar-refractivity contribution in [3.8, 4) is 11.4 Å². The van der Waals surface area contributed by atoms with Gasteiger partial charge in [-0.15, -0.1) is 0 Å². The smallest absolute Gasteiger partial charge is 0.153 e. The lowest BCUT2D eigenvalue weighted by Gasteiger charge is -1.96. The number of aromatic nitrogens is 3. The Morgan fingerprint density at radius 1 is 1.17 bits per heavy atom. The molecule has 3 aromatic rings. The van der Waals surface area contributed by atoms with Crippen LogP contribution >= 0.6 is 0 Å². The second kappa shape index (κ2) is 3.87. The Morgan fingerprint density at radius 2 is 2.00 bits per heavy atom.